The molecule has 7 nitrogen and oxygen atoms in total. The third-order valence-corrected chi connectivity index (χ3v) is 4.22. The quantitative estimate of drug-likeness (QED) is 0.344. The summed E-state index contributed by atoms with van der Waals surface area (Å²) in [7, 11) is 1.57. The summed E-state index contributed by atoms with van der Waals surface area (Å²) >= 11 is 0. The zero-order chi connectivity index (χ0) is 20.9. The number of carbonyl (C=O) groups is 3. The second-order valence-corrected chi connectivity index (χ2v) is 6.23. The Balaban J connectivity index is 2.44. The van der Waals surface area contributed by atoms with Crippen molar-refractivity contribution in [2.75, 3.05) is 20.3 Å². The van der Waals surface area contributed by atoms with E-state index in [1.165, 1.54) is 0 Å². The van der Waals surface area contributed by atoms with Crippen LogP contribution in [0.3, 0.4) is 0 Å². The maximum absolute atomic E-state index is 12.1. The van der Waals surface area contributed by atoms with E-state index < -0.39 is 12.0 Å². The van der Waals surface area contributed by atoms with E-state index >= 15 is 0 Å². The molecule has 0 aliphatic carbocycles. The van der Waals surface area contributed by atoms with E-state index in [4.69, 9.17) is 9.47 Å². The van der Waals surface area contributed by atoms with Crippen molar-refractivity contribution < 1.29 is 23.9 Å². The highest BCUT2D eigenvalue weighted by Gasteiger charge is 2.22. The molecule has 28 heavy (non-hydrogen) atoms. The van der Waals surface area contributed by atoms with Gasteiger partial charge in [0.25, 0.3) is 5.91 Å². The van der Waals surface area contributed by atoms with Crippen molar-refractivity contribution in [2.45, 2.75) is 46.1 Å². The fourth-order valence-corrected chi connectivity index (χ4v) is 2.41. The molecule has 2 amide bonds. The first-order chi connectivity index (χ1) is 13.4. The lowest BCUT2D eigenvalue weighted by molar-refractivity contribution is -0.147. The average Bonchev–Trinajstić information content (AvgIpc) is 2.71. The monoisotopic (exact) mass is 390 g/mol. The number of amides is 2. The van der Waals surface area contributed by atoms with Gasteiger partial charge in [-0.05, 0) is 64.3 Å². The lowest BCUT2D eigenvalue weighted by atomic mass is 10.1. The van der Waals surface area contributed by atoms with Crippen molar-refractivity contribution in [3.05, 3.63) is 41.5 Å². The molecule has 1 rings (SSSR count). The number of hydrogen-bond donors (Lipinski definition) is 2. The molecule has 1 atom stereocenters. The zero-order valence-corrected chi connectivity index (χ0v) is 17.0. The molecule has 0 saturated heterocycles. The smallest absolute Gasteiger partial charge is 0.328 e. The van der Waals surface area contributed by atoms with Crippen LogP contribution in [0.15, 0.2) is 35.9 Å². The number of nitrogens with one attached hydrogen (secondary N) is 2. The normalized spacial score (nSPS) is 12.1. The van der Waals surface area contributed by atoms with E-state index in [1.54, 1.807) is 58.2 Å². The Morgan fingerprint density at radius 3 is 2.39 bits per heavy atom. The Labute approximate surface area is 166 Å². The maximum Gasteiger partial charge on any atom is 0.328 e. The van der Waals surface area contributed by atoms with E-state index in [0.29, 0.717) is 42.7 Å². The fourth-order valence-electron chi connectivity index (χ4n) is 2.41. The molecule has 0 aliphatic heterocycles. The second-order valence-electron chi connectivity index (χ2n) is 6.23. The van der Waals surface area contributed by atoms with Crippen molar-refractivity contribution in [2.24, 2.45) is 0 Å². The van der Waals surface area contributed by atoms with E-state index in [2.05, 4.69) is 10.6 Å². The second kappa shape index (κ2) is 12.5. The fraction of sp³-hybridized carbons (Fsp3) is 0.476. The third kappa shape index (κ3) is 7.82. The summed E-state index contributed by atoms with van der Waals surface area (Å²) < 4.78 is 10.1. The number of unbranched alkanes of at least 4 members (excludes halogenated alkanes) is 1. The van der Waals surface area contributed by atoms with Crippen LogP contribution < -0.4 is 15.4 Å². The lowest BCUT2D eigenvalue weighted by Crippen LogP contribution is -2.42. The summed E-state index contributed by atoms with van der Waals surface area (Å²) in [6, 6.07) is 6.16. The number of benzene rings is 1. The minimum atomic E-state index is -0.695. The molecule has 0 aromatic heterocycles. The Hall–Kier alpha value is -2.83. The van der Waals surface area contributed by atoms with E-state index in [9.17, 15) is 14.4 Å². The molecule has 0 saturated carbocycles. The highest BCUT2D eigenvalue weighted by Crippen LogP contribution is 2.11. The Kier molecular flexibility index (Phi) is 10.4. The van der Waals surface area contributed by atoms with Gasteiger partial charge in [-0.2, -0.15) is 0 Å². The maximum atomic E-state index is 12.1. The molecule has 0 radical (unpaired) electrons. The first kappa shape index (κ1) is 23.2. The molecular formula is C21H30N2O5. The van der Waals surface area contributed by atoms with E-state index in [1.807, 2.05) is 0 Å². The molecule has 2 N–H and O–H groups in total. The molecule has 1 aromatic carbocycles. The highest BCUT2D eigenvalue weighted by atomic mass is 16.5. The Morgan fingerprint density at radius 2 is 1.82 bits per heavy atom. The van der Waals surface area contributed by atoms with Crippen LogP contribution in [0, 0.1) is 0 Å². The number of rotatable bonds is 11. The predicted molar refractivity (Wildman–Crippen MR) is 107 cm³/mol. The van der Waals surface area contributed by atoms with Gasteiger partial charge in [-0.15, -0.1) is 0 Å². The van der Waals surface area contributed by atoms with Gasteiger partial charge in [0.15, 0.2) is 0 Å². The third-order valence-electron chi connectivity index (χ3n) is 4.22. The van der Waals surface area contributed by atoms with Gasteiger partial charge in [0.05, 0.1) is 13.7 Å². The Bertz CT molecular complexity index is 683. The summed E-state index contributed by atoms with van der Waals surface area (Å²) in [4.78, 5) is 36.2. The van der Waals surface area contributed by atoms with E-state index in [-0.39, 0.29) is 18.4 Å². The van der Waals surface area contributed by atoms with Crippen molar-refractivity contribution >= 4 is 17.8 Å². The summed E-state index contributed by atoms with van der Waals surface area (Å²) in [5.41, 5.74) is 1.10. The molecular weight excluding hydrogens is 360 g/mol. The van der Waals surface area contributed by atoms with Gasteiger partial charge in [-0.1, -0.05) is 6.08 Å². The van der Waals surface area contributed by atoms with Crippen molar-refractivity contribution in [3.63, 3.8) is 0 Å². The molecule has 0 unspecified atom stereocenters. The molecule has 0 fully saturated rings. The van der Waals surface area contributed by atoms with Gasteiger partial charge in [0.2, 0.25) is 5.91 Å². The summed E-state index contributed by atoms with van der Waals surface area (Å²) in [6.07, 6.45) is 3.46. The van der Waals surface area contributed by atoms with Gasteiger partial charge in [0, 0.05) is 17.7 Å². The SMILES string of the molecule is C/C=C(\C)C(=O)N[C@@H](CCCCNC(=O)c1ccc(OC)cc1)C(=O)OCC. The van der Waals surface area contributed by atoms with E-state index in [0.717, 1.165) is 0 Å². The number of allylic oxidation sites excluding steroid dienone is 1. The standard InChI is InChI=1S/C21H30N2O5/c1-5-15(3)19(24)23-18(21(26)28-6-2)9-7-8-14-22-20(25)16-10-12-17(27-4)13-11-16/h5,10-13,18H,6-9,14H2,1-4H3,(H,22,25)(H,23,24)/b15-5+/t18-/m0/s1. The van der Waals surface area contributed by atoms with Crippen LogP contribution in [-0.2, 0) is 14.3 Å². The van der Waals surface area contributed by atoms with Gasteiger partial charge in [0.1, 0.15) is 11.8 Å². The van der Waals surface area contributed by atoms with Crippen molar-refractivity contribution in [1.82, 2.24) is 10.6 Å². The van der Waals surface area contributed by atoms with Gasteiger partial charge < -0.3 is 20.1 Å². The van der Waals surface area contributed by atoms with Crippen LogP contribution in [0.1, 0.15) is 50.4 Å². The Morgan fingerprint density at radius 1 is 1.14 bits per heavy atom. The van der Waals surface area contributed by atoms with Crippen molar-refractivity contribution in [3.8, 4) is 5.75 Å². The molecule has 0 aliphatic rings. The van der Waals surface area contributed by atoms with Gasteiger partial charge in [-0.25, -0.2) is 4.79 Å². The van der Waals surface area contributed by atoms with Gasteiger partial charge >= 0.3 is 5.97 Å². The number of hydrogen-bond acceptors (Lipinski definition) is 5. The lowest BCUT2D eigenvalue weighted by Gasteiger charge is -2.17. The average molecular weight is 390 g/mol. The highest BCUT2D eigenvalue weighted by molar-refractivity contribution is 5.95. The van der Waals surface area contributed by atoms with Crippen LogP contribution >= 0.6 is 0 Å². The van der Waals surface area contributed by atoms with Crippen LogP contribution in [0.5, 0.6) is 5.75 Å². The largest absolute Gasteiger partial charge is 0.497 e. The van der Waals surface area contributed by atoms with Crippen LogP contribution in [0.2, 0.25) is 0 Å². The summed E-state index contributed by atoms with van der Waals surface area (Å²) in [5.74, 6) is -0.200. The number of esters is 1. The molecule has 154 valence electrons. The van der Waals surface area contributed by atoms with Crippen LogP contribution in [0.25, 0.3) is 0 Å². The molecule has 0 bridgehead atoms. The molecule has 0 spiro atoms. The molecule has 0 heterocycles. The first-order valence-electron chi connectivity index (χ1n) is 9.45. The minimum absolute atomic E-state index is 0.165. The molecule has 1 aromatic rings. The first-order valence-corrected chi connectivity index (χ1v) is 9.45. The van der Waals surface area contributed by atoms with Crippen LogP contribution in [-0.4, -0.2) is 44.1 Å². The number of ether oxygens (including phenoxy) is 2. The number of methoxy groups -OCH3 is 1. The number of carbonyl (C=O) groups excluding carboxylic acids is 3. The zero-order valence-electron chi connectivity index (χ0n) is 17.0. The summed E-state index contributed by atoms with van der Waals surface area (Å²) in [6.45, 7) is 5.91. The summed E-state index contributed by atoms with van der Waals surface area (Å²) in [5, 5.41) is 5.55. The predicted octanol–water partition coefficient (Wildman–Crippen LogP) is 2.61. The van der Waals surface area contributed by atoms with Gasteiger partial charge in [-0.3, -0.25) is 9.59 Å². The topological polar surface area (TPSA) is 93.7 Å². The minimum Gasteiger partial charge on any atom is -0.497 e. The van der Waals surface area contributed by atoms with Crippen molar-refractivity contribution in [1.29, 1.82) is 0 Å². The van der Waals surface area contributed by atoms with Crippen LogP contribution in [0.4, 0.5) is 0 Å². The molecule has 7 heteroatoms.